The van der Waals surface area contributed by atoms with Gasteiger partial charge in [-0.15, -0.1) is 23.5 Å². The molecule has 0 amide bonds. The van der Waals surface area contributed by atoms with E-state index in [2.05, 4.69) is 27.7 Å². The second-order valence-electron chi connectivity index (χ2n) is 23.0. The molecule has 0 bridgehead atoms. The Kier molecular flexibility index (Phi) is 28.2. The quantitative estimate of drug-likeness (QED) is 0.0359. The average molecular weight is 1240 g/mol. The monoisotopic (exact) mass is 1240 g/mol. The molecule has 0 saturated heterocycles. The Balaban J connectivity index is 0.000000287. The van der Waals surface area contributed by atoms with Gasteiger partial charge in [0.05, 0.1) is 35.5 Å². The summed E-state index contributed by atoms with van der Waals surface area (Å²) in [4.78, 5) is 77.0. The van der Waals surface area contributed by atoms with Gasteiger partial charge in [-0.05, 0) is 247 Å². The summed E-state index contributed by atoms with van der Waals surface area (Å²) in [6.45, 7) is 8.53. The first-order valence-corrected chi connectivity index (χ1v) is 34.2. The maximum absolute atomic E-state index is 12.6. The molecule has 0 aromatic heterocycles. The van der Waals surface area contributed by atoms with Crippen LogP contribution in [-0.2, 0) is 54.5 Å². The van der Waals surface area contributed by atoms with Crippen LogP contribution in [0.1, 0.15) is 157 Å². The number of esters is 6. The SMILES string of the molecule is CCCCc1ccc(OC(=O)C2CCC(C(=O)Oc3ccc(CCCC)cc3)CC2)cc1.CCc1ccc(OC(=O)C2CCC(C(=O)Oc3ccc(CC)cc3)CC2)cc1.CSc1ccc(OC(=O)C2CCC(C(=O)Oc3ccc(SC)cc3)CC2)cc1.[HH].[HH].[HH]. The zero-order chi connectivity index (χ0) is 62.6. The molecule has 3 fully saturated rings. The second kappa shape index (κ2) is 36.4. The normalized spacial score (nSPS) is 18.8. The number of benzene rings is 6. The summed E-state index contributed by atoms with van der Waals surface area (Å²) < 4.78 is 33.2. The van der Waals surface area contributed by atoms with Crippen molar-refractivity contribution in [3.8, 4) is 34.5 Å². The zero-order valence-electron chi connectivity index (χ0n) is 52.2. The highest BCUT2D eigenvalue weighted by molar-refractivity contribution is 7.98. The topological polar surface area (TPSA) is 158 Å². The number of unbranched alkanes of at least 4 members (excludes halogenated alkanes) is 2. The number of carbonyl (C=O) groups excluding carboxylic acids is 6. The molecule has 12 nitrogen and oxygen atoms in total. The van der Waals surface area contributed by atoms with Gasteiger partial charge in [0.1, 0.15) is 34.5 Å². The molecule has 0 aliphatic heterocycles. The van der Waals surface area contributed by atoms with E-state index in [1.54, 1.807) is 23.5 Å². The lowest BCUT2D eigenvalue weighted by Crippen LogP contribution is -2.30. The number of ether oxygens (including phenoxy) is 6. The van der Waals surface area contributed by atoms with Crippen molar-refractivity contribution >= 4 is 59.3 Å². The van der Waals surface area contributed by atoms with Gasteiger partial charge in [-0.3, -0.25) is 28.8 Å². The minimum Gasteiger partial charge on any atom is -0.426 e. The molecule has 9 rings (SSSR count). The highest BCUT2D eigenvalue weighted by Crippen LogP contribution is 2.35. The first kappa shape index (κ1) is 68.3. The summed E-state index contributed by atoms with van der Waals surface area (Å²) in [5, 5.41) is 0. The number of aryl methyl sites for hydroxylation is 4. The fourth-order valence-corrected chi connectivity index (χ4v) is 11.8. The number of hydrogen-bond acceptors (Lipinski definition) is 14. The molecule has 3 saturated carbocycles. The molecule has 0 heterocycles. The lowest BCUT2D eigenvalue weighted by atomic mass is 9.82. The number of thioether (sulfide) groups is 2. The Morgan fingerprint density at radius 1 is 0.307 bits per heavy atom. The van der Waals surface area contributed by atoms with Crippen molar-refractivity contribution in [2.24, 2.45) is 35.5 Å². The molecular formula is C74H94O12S2. The van der Waals surface area contributed by atoms with Crippen LogP contribution in [0.3, 0.4) is 0 Å². The van der Waals surface area contributed by atoms with Crippen LogP contribution in [-0.4, -0.2) is 48.3 Å². The van der Waals surface area contributed by atoms with Crippen LogP contribution in [0.2, 0.25) is 0 Å². The molecule has 0 spiro atoms. The summed E-state index contributed by atoms with van der Waals surface area (Å²) in [6, 6.07) is 45.9. The van der Waals surface area contributed by atoms with E-state index in [0.29, 0.717) is 112 Å². The largest absolute Gasteiger partial charge is 0.426 e. The standard InChI is InChI=1S/C28H36O4.C24H28O4.C22H24O4S2.3H2/c1-3-5-7-21-9-17-25(18-10-21)31-27(29)23-13-15-24(16-14-23)28(30)32-26-19-11-22(12-20-26)8-6-4-2;1-3-17-5-13-21(14-6-17)27-23(25)19-9-11-20(12-10-19)24(26)28-22-15-7-18(4-2)8-16-22;1-27-19-11-7-17(8-12-19)25-21(23)15-3-5-16(6-4-15)22(24)26-18-9-13-20(28-2)14-10-18;;;/h9-12,17-20,23-24H,3-8,13-16H2,1-2H3;5-8,13-16,19-20H,3-4,9-12H2,1-2H3;7-16H,3-6H2,1-2H3;3*1H. The van der Waals surface area contributed by atoms with E-state index >= 15 is 0 Å². The van der Waals surface area contributed by atoms with Crippen LogP contribution < -0.4 is 28.4 Å². The fraction of sp³-hybridized carbons (Fsp3) is 0.432. The third kappa shape index (κ3) is 22.2. The maximum atomic E-state index is 12.6. The minimum absolute atomic E-state index is 0. The third-order valence-electron chi connectivity index (χ3n) is 16.8. The highest BCUT2D eigenvalue weighted by Gasteiger charge is 2.35. The molecule has 88 heavy (non-hydrogen) atoms. The maximum Gasteiger partial charge on any atom is 0.314 e. The van der Waals surface area contributed by atoms with Crippen LogP contribution >= 0.6 is 23.5 Å². The molecular weight excluding hydrogens is 1140 g/mol. The zero-order valence-corrected chi connectivity index (χ0v) is 53.8. The van der Waals surface area contributed by atoms with Gasteiger partial charge in [-0.25, -0.2) is 0 Å². The van der Waals surface area contributed by atoms with Gasteiger partial charge in [0.25, 0.3) is 0 Å². The molecule has 3 aliphatic rings. The number of carbonyl (C=O) groups is 6. The van der Waals surface area contributed by atoms with E-state index in [4.69, 9.17) is 28.4 Å². The number of hydrogen-bond donors (Lipinski definition) is 0. The van der Waals surface area contributed by atoms with Gasteiger partial charge in [0, 0.05) is 14.1 Å². The van der Waals surface area contributed by atoms with E-state index in [0.717, 1.165) is 61.2 Å². The van der Waals surface area contributed by atoms with Crippen molar-refractivity contribution in [2.75, 3.05) is 12.5 Å². The molecule has 0 atom stereocenters. The van der Waals surface area contributed by atoms with Crippen LogP contribution in [0, 0.1) is 35.5 Å². The molecule has 0 unspecified atom stereocenters. The summed E-state index contributed by atoms with van der Waals surface area (Å²) in [5.41, 5.74) is 4.95. The first-order valence-electron chi connectivity index (χ1n) is 31.7. The lowest BCUT2D eigenvalue weighted by molar-refractivity contribution is -0.145. The predicted molar refractivity (Wildman–Crippen MR) is 355 cm³/mol. The van der Waals surface area contributed by atoms with E-state index < -0.39 is 0 Å². The van der Waals surface area contributed by atoms with Crippen molar-refractivity contribution in [1.82, 2.24) is 0 Å². The average Bonchev–Trinajstić information content (AvgIpc) is 3.71. The molecule has 0 N–H and O–H groups in total. The third-order valence-corrected chi connectivity index (χ3v) is 18.2. The molecule has 6 aromatic carbocycles. The van der Waals surface area contributed by atoms with E-state index in [-0.39, 0.29) is 75.6 Å². The van der Waals surface area contributed by atoms with Gasteiger partial charge in [0.2, 0.25) is 0 Å². The van der Waals surface area contributed by atoms with Crippen molar-refractivity contribution in [1.29, 1.82) is 0 Å². The summed E-state index contributed by atoms with van der Waals surface area (Å²) in [6.07, 6.45) is 20.5. The molecule has 3 aliphatic carbocycles. The van der Waals surface area contributed by atoms with Crippen LogP contribution in [0.5, 0.6) is 34.5 Å². The van der Waals surface area contributed by atoms with Gasteiger partial charge in [0.15, 0.2) is 0 Å². The van der Waals surface area contributed by atoms with Crippen LogP contribution in [0.25, 0.3) is 0 Å². The first-order chi connectivity index (χ1) is 42.8. The summed E-state index contributed by atoms with van der Waals surface area (Å²) in [5.74, 6) is 1.33. The molecule has 0 radical (unpaired) electrons. The molecule has 14 heteroatoms. The van der Waals surface area contributed by atoms with Crippen molar-refractivity contribution in [3.05, 3.63) is 168 Å². The van der Waals surface area contributed by atoms with Crippen molar-refractivity contribution in [2.45, 2.75) is 166 Å². The van der Waals surface area contributed by atoms with Gasteiger partial charge >= 0.3 is 35.8 Å². The lowest BCUT2D eigenvalue weighted by Gasteiger charge is -2.25. The Labute approximate surface area is 534 Å². The Morgan fingerprint density at radius 2 is 0.489 bits per heavy atom. The Bertz CT molecular complexity index is 2770. The smallest absolute Gasteiger partial charge is 0.314 e. The highest BCUT2D eigenvalue weighted by atomic mass is 32.2. The fourth-order valence-electron chi connectivity index (χ4n) is 11.0. The van der Waals surface area contributed by atoms with Crippen LogP contribution in [0.15, 0.2) is 155 Å². The number of rotatable bonds is 22. The molecule has 6 aromatic rings. The Hall–Kier alpha value is -7.16. The summed E-state index contributed by atoms with van der Waals surface area (Å²) in [7, 11) is 0. The molecule has 474 valence electrons. The van der Waals surface area contributed by atoms with Gasteiger partial charge in [-0.1, -0.05) is 89.1 Å². The Morgan fingerprint density at radius 3 is 0.659 bits per heavy atom. The van der Waals surface area contributed by atoms with Crippen molar-refractivity contribution < 1.29 is 61.5 Å². The van der Waals surface area contributed by atoms with Gasteiger partial charge < -0.3 is 28.4 Å². The minimum atomic E-state index is -0.212. The van der Waals surface area contributed by atoms with E-state index in [9.17, 15) is 28.8 Å². The van der Waals surface area contributed by atoms with E-state index in [1.807, 2.05) is 158 Å². The van der Waals surface area contributed by atoms with Crippen LogP contribution in [0.4, 0.5) is 0 Å². The summed E-state index contributed by atoms with van der Waals surface area (Å²) >= 11 is 3.29. The van der Waals surface area contributed by atoms with E-state index in [1.165, 1.54) is 22.3 Å². The van der Waals surface area contributed by atoms with Gasteiger partial charge in [-0.2, -0.15) is 0 Å². The predicted octanol–water partition coefficient (Wildman–Crippen LogP) is 18.0. The second-order valence-corrected chi connectivity index (χ2v) is 24.8. The van der Waals surface area contributed by atoms with Crippen molar-refractivity contribution in [3.63, 3.8) is 0 Å².